The van der Waals surface area contributed by atoms with Crippen LogP contribution in [0.2, 0.25) is 0 Å². The summed E-state index contributed by atoms with van der Waals surface area (Å²) in [7, 11) is 0. The van der Waals surface area contributed by atoms with E-state index in [1.807, 2.05) is 6.07 Å². The number of hydrogen-bond acceptors (Lipinski definition) is 2. The number of aromatic nitrogens is 1. The minimum absolute atomic E-state index is 0.112. The maximum Gasteiger partial charge on any atom is 0.248 e. The monoisotopic (exact) mass is 166 g/mol. The second-order valence-corrected chi connectivity index (χ2v) is 2.36. The summed E-state index contributed by atoms with van der Waals surface area (Å²) in [5.41, 5.74) is 0.718. The van der Waals surface area contributed by atoms with Crippen molar-refractivity contribution in [2.24, 2.45) is 0 Å². The third-order valence-electron chi connectivity index (χ3n) is 1.45. The Morgan fingerprint density at radius 1 is 1.50 bits per heavy atom. The summed E-state index contributed by atoms with van der Waals surface area (Å²) < 4.78 is 0. The lowest BCUT2D eigenvalue weighted by Gasteiger charge is -1.98. The van der Waals surface area contributed by atoms with Gasteiger partial charge in [0.05, 0.1) is 0 Å². The minimum Gasteiger partial charge on any atom is -0.358 e. The third kappa shape index (κ3) is 2.57. The second-order valence-electron chi connectivity index (χ2n) is 2.36. The first-order chi connectivity index (χ1) is 5.83. The van der Waals surface area contributed by atoms with Crippen LogP contribution in [0.25, 0.3) is 0 Å². The van der Waals surface area contributed by atoms with E-state index < -0.39 is 0 Å². The molecular weight excluding hydrogens is 156 g/mol. The van der Waals surface area contributed by atoms with Crippen molar-refractivity contribution in [2.75, 3.05) is 6.54 Å². The molecule has 12 heavy (non-hydrogen) atoms. The molecule has 4 heteroatoms. The number of hydrogen-bond donors (Lipinski definition) is 2. The molecular formula is C8H10N2O2. The smallest absolute Gasteiger partial charge is 0.248 e. The molecule has 0 aliphatic heterocycles. The zero-order valence-corrected chi connectivity index (χ0v) is 6.54. The molecule has 0 spiro atoms. The van der Waals surface area contributed by atoms with Gasteiger partial charge in [0.25, 0.3) is 0 Å². The van der Waals surface area contributed by atoms with E-state index in [4.69, 9.17) is 0 Å². The number of H-pyrrole nitrogens is 1. The van der Waals surface area contributed by atoms with E-state index in [0.717, 1.165) is 5.69 Å². The first-order valence-corrected chi connectivity index (χ1v) is 3.68. The van der Waals surface area contributed by atoms with Crippen molar-refractivity contribution in [2.45, 2.75) is 6.42 Å². The third-order valence-corrected chi connectivity index (χ3v) is 1.45. The highest BCUT2D eigenvalue weighted by Gasteiger charge is 1.91. The van der Waals surface area contributed by atoms with Crippen LogP contribution in [0, 0.1) is 0 Å². The van der Waals surface area contributed by atoms with Crippen molar-refractivity contribution in [3.8, 4) is 0 Å². The van der Waals surface area contributed by atoms with E-state index in [2.05, 4.69) is 10.3 Å². The number of carbonyl (C=O) groups excluding carboxylic acids is 1. The van der Waals surface area contributed by atoms with Gasteiger partial charge in [-0.3, -0.25) is 9.59 Å². The lowest BCUT2D eigenvalue weighted by Crippen LogP contribution is -2.16. The molecule has 0 bridgehead atoms. The SMILES string of the molecule is O=CNCCc1cccc(=O)[nH]1. The Morgan fingerprint density at radius 3 is 3.00 bits per heavy atom. The molecule has 0 fully saturated rings. The largest absolute Gasteiger partial charge is 0.358 e. The van der Waals surface area contributed by atoms with Gasteiger partial charge in [0, 0.05) is 24.7 Å². The fraction of sp³-hybridized carbons (Fsp3) is 0.250. The van der Waals surface area contributed by atoms with Gasteiger partial charge in [0.1, 0.15) is 0 Å². The summed E-state index contributed by atoms with van der Waals surface area (Å²) in [5, 5.41) is 2.51. The molecule has 0 aliphatic carbocycles. The van der Waals surface area contributed by atoms with Crippen LogP contribution in [0.5, 0.6) is 0 Å². The summed E-state index contributed by atoms with van der Waals surface area (Å²) in [4.78, 5) is 23.3. The summed E-state index contributed by atoms with van der Waals surface area (Å²) in [6.07, 6.45) is 1.29. The van der Waals surface area contributed by atoms with E-state index in [1.165, 1.54) is 6.07 Å². The molecule has 0 aliphatic rings. The predicted molar refractivity (Wildman–Crippen MR) is 44.8 cm³/mol. The number of aromatic amines is 1. The highest BCUT2D eigenvalue weighted by molar-refractivity contribution is 5.45. The van der Waals surface area contributed by atoms with E-state index in [0.29, 0.717) is 19.4 Å². The summed E-state index contributed by atoms with van der Waals surface area (Å²) in [6.45, 7) is 0.545. The molecule has 0 aromatic carbocycles. The first kappa shape index (κ1) is 8.52. The molecule has 1 amide bonds. The van der Waals surface area contributed by atoms with Gasteiger partial charge < -0.3 is 10.3 Å². The number of amides is 1. The molecule has 1 aromatic rings. The Hall–Kier alpha value is -1.58. The number of carbonyl (C=O) groups is 1. The Morgan fingerprint density at radius 2 is 2.33 bits per heavy atom. The molecule has 64 valence electrons. The van der Waals surface area contributed by atoms with Crippen LogP contribution in [0.3, 0.4) is 0 Å². The lowest BCUT2D eigenvalue weighted by molar-refractivity contribution is -0.109. The topological polar surface area (TPSA) is 62.0 Å². The van der Waals surface area contributed by atoms with Crippen LogP contribution in [0.4, 0.5) is 0 Å². The predicted octanol–water partition coefficient (Wildman–Crippen LogP) is -0.337. The molecule has 4 nitrogen and oxygen atoms in total. The molecule has 0 radical (unpaired) electrons. The Labute approximate surface area is 69.6 Å². The molecule has 1 rings (SSSR count). The van der Waals surface area contributed by atoms with E-state index in [-0.39, 0.29) is 5.56 Å². The zero-order chi connectivity index (χ0) is 8.81. The molecule has 1 heterocycles. The summed E-state index contributed by atoms with van der Waals surface area (Å²) >= 11 is 0. The Balaban J connectivity index is 2.52. The molecule has 0 atom stereocenters. The number of pyridine rings is 1. The van der Waals surface area contributed by atoms with Crippen LogP contribution >= 0.6 is 0 Å². The Kier molecular flexibility index (Phi) is 3.07. The van der Waals surface area contributed by atoms with Gasteiger partial charge in [0.2, 0.25) is 12.0 Å². The first-order valence-electron chi connectivity index (χ1n) is 3.68. The average Bonchev–Trinajstić information content (AvgIpc) is 2.05. The maximum atomic E-state index is 10.8. The van der Waals surface area contributed by atoms with Crippen LogP contribution < -0.4 is 10.9 Å². The molecule has 1 aromatic heterocycles. The van der Waals surface area contributed by atoms with Crippen LogP contribution in [0.15, 0.2) is 23.0 Å². The van der Waals surface area contributed by atoms with Gasteiger partial charge in [-0.05, 0) is 6.07 Å². The van der Waals surface area contributed by atoms with E-state index >= 15 is 0 Å². The van der Waals surface area contributed by atoms with Gasteiger partial charge in [0.15, 0.2) is 0 Å². The quantitative estimate of drug-likeness (QED) is 0.475. The number of nitrogens with one attached hydrogen (secondary N) is 2. The Bertz CT molecular complexity index is 306. The average molecular weight is 166 g/mol. The standard InChI is InChI=1S/C8H10N2O2/c11-6-9-5-4-7-2-1-3-8(12)10-7/h1-3,6H,4-5H2,(H,9,11)(H,10,12). The molecule has 0 saturated carbocycles. The van der Waals surface area contributed by atoms with Crippen molar-refractivity contribution in [1.82, 2.24) is 10.3 Å². The highest BCUT2D eigenvalue weighted by atomic mass is 16.1. The fourth-order valence-electron chi connectivity index (χ4n) is 0.905. The maximum absolute atomic E-state index is 10.8. The van der Waals surface area contributed by atoms with Gasteiger partial charge in [-0.2, -0.15) is 0 Å². The molecule has 2 N–H and O–H groups in total. The van der Waals surface area contributed by atoms with Crippen LogP contribution in [0.1, 0.15) is 5.69 Å². The normalized spacial score (nSPS) is 9.33. The van der Waals surface area contributed by atoms with Gasteiger partial charge in [-0.1, -0.05) is 6.07 Å². The van der Waals surface area contributed by atoms with Crippen molar-refractivity contribution in [1.29, 1.82) is 0 Å². The number of rotatable bonds is 4. The van der Waals surface area contributed by atoms with Crippen molar-refractivity contribution in [3.05, 3.63) is 34.2 Å². The van der Waals surface area contributed by atoms with Gasteiger partial charge in [-0.15, -0.1) is 0 Å². The summed E-state index contributed by atoms with van der Waals surface area (Å²) in [6, 6.07) is 4.96. The lowest BCUT2D eigenvalue weighted by atomic mass is 10.3. The van der Waals surface area contributed by atoms with E-state index in [9.17, 15) is 9.59 Å². The molecule has 0 unspecified atom stereocenters. The van der Waals surface area contributed by atoms with Gasteiger partial charge >= 0.3 is 0 Å². The molecule has 0 saturated heterocycles. The van der Waals surface area contributed by atoms with Gasteiger partial charge in [-0.25, -0.2) is 0 Å². The van der Waals surface area contributed by atoms with Crippen molar-refractivity contribution < 1.29 is 4.79 Å². The van der Waals surface area contributed by atoms with Crippen molar-refractivity contribution in [3.63, 3.8) is 0 Å². The van der Waals surface area contributed by atoms with Crippen LogP contribution in [-0.4, -0.2) is 17.9 Å². The minimum atomic E-state index is -0.112. The summed E-state index contributed by atoms with van der Waals surface area (Å²) in [5.74, 6) is 0. The second kappa shape index (κ2) is 4.33. The van der Waals surface area contributed by atoms with E-state index in [1.54, 1.807) is 6.07 Å². The highest BCUT2D eigenvalue weighted by Crippen LogP contribution is 1.89. The van der Waals surface area contributed by atoms with Crippen molar-refractivity contribution >= 4 is 6.41 Å². The zero-order valence-electron chi connectivity index (χ0n) is 6.54. The van der Waals surface area contributed by atoms with Crippen LogP contribution in [-0.2, 0) is 11.2 Å². The fourth-order valence-corrected chi connectivity index (χ4v) is 0.905.